The Kier molecular flexibility index (Phi) is 6.95. The van der Waals surface area contributed by atoms with E-state index in [4.69, 9.17) is 23.2 Å². The minimum atomic E-state index is -0.104. The van der Waals surface area contributed by atoms with Gasteiger partial charge in [0.15, 0.2) is 5.13 Å². The van der Waals surface area contributed by atoms with Crippen molar-refractivity contribution in [3.8, 4) is 0 Å². The monoisotopic (exact) mass is 472 g/mol. The van der Waals surface area contributed by atoms with E-state index in [0.29, 0.717) is 25.9 Å². The van der Waals surface area contributed by atoms with Crippen LogP contribution in [0.15, 0.2) is 49.1 Å². The van der Waals surface area contributed by atoms with Gasteiger partial charge < -0.3 is 4.57 Å². The topological polar surface area (TPSA) is 51.0 Å². The number of thiazole rings is 1. The minimum absolute atomic E-state index is 0. The van der Waals surface area contributed by atoms with Crippen molar-refractivity contribution < 1.29 is 4.79 Å². The van der Waals surface area contributed by atoms with Crippen molar-refractivity contribution in [3.63, 3.8) is 0 Å². The summed E-state index contributed by atoms with van der Waals surface area (Å²) >= 11 is 15.0. The number of anilines is 1. The normalized spacial score (nSPS) is 10.8. The van der Waals surface area contributed by atoms with Crippen LogP contribution in [-0.4, -0.2) is 27.0 Å². The van der Waals surface area contributed by atoms with Gasteiger partial charge in [-0.1, -0.05) is 40.6 Å². The van der Waals surface area contributed by atoms with Gasteiger partial charge in [0, 0.05) is 25.5 Å². The maximum absolute atomic E-state index is 13.1. The van der Waals surface area contributed by atoms with Gasteiger partial charge in [0.25, 0.3) is 5.91 Å². The average Bonchev–Trinajstić information content (AvgIpc) is 3.39. The van der Waals surface area contributed by atoms with Crippen molar-refractivity contribution in [2.75, 3.05) is 11.4 Å². The number of carbonyl (C=O) groups is 1. The van der Waals surface area contributed by atoms with Crippen LogP contribution in [-0.2, 0) is 6.54 Å². The van der Waals surface area contributed by atoms with E-state index in [-0.39, 0.29) is 18.3 Å². The second-order valence-corrected chi connectivity index (χ2v) is 8.93. The number of aromatic nitrogens is 3. The lowest BCUT2D eigenvalue weighted by atomic mass is 10.3. The van der Waals surface area contributed by atoms with E-state index in [1.54, 1.807) is 35.6 Å². The number of para-hydroxylation sites is 1. The van der Waals surface area contributed by atoms with Crippen LogP contribution in [0.3, 0.4) is 0 Å². The Morgan fingerprint density at radius 3 is 2.71 bits per heavy atom. The van der Waals surface area contributed by atoms with E-state index in [9.17, 15) is 4.79 Å². The van der Waals surface area contributed by atoms with E-state index in [0.717, 1.165) is 23.2 Å². The van der Waals surface area contributed by atoms with Gasteiger partial charge in [0.1, 0.15) is 5.52 Å². The molecule has 0 atom stereocenters. The molecule has 5 nitrogen and oxygen atoms in total. The molecule has 0 N–H and O–H groups in total. The summed E-state index contributed by atoms with van der Waals surface area (Å²) in [5, 5.41) is 1.22. The molecule has 0 bridgehead atoms. The summed E-state index contributed by atoms with van der Waals surface area (Å²) < 4.78 is 3.53. The van der Waals surface area contributed by atoms with Gasteiger partial charge in [-0.25, -0.2) is 9.97 Å². The number of nitrogens with zero attached hydrogens (tertiary/aromatic N) is 4. The average molecular weight is 474 g/mol. The highest BCUT2D eigenvalue weighted by Crippen LogP contribution is 2.34. The molecule has 0 saturated heterocycles. The summed E-state index contributed by atoms with van der Waals surface area (Å²) in [5.41, 5.74) is 0.718. The van der Waals surface area contributed by atoms with Crippen molar-refractivity contribution in [2.24, 2.45) is 0 Å². The molecule has 1 amide bonds. The molecule has 146 valence electrons. The lowest BCUT2D eigenvalue weighted by Crippen LogP contribution is -2.31. The first-order chi connectivity index (χ1) is 13.1. The van der Waals surface area contributed by atoms with Crippen molar-refractivity contribution >= 4 is 79.5 Å². The summed E-state index contributed by atoms with van der Waals surface area (Å²) in [6.45, 7) is 1.30. The molecule has 0 aliphatic heterocycles. The first-order valence-electron chi connectivity index (χ1n) is 8.20. The molecule has 3 heterocycles. The molecule has 0 aliphatic rings. The van der Waals surface area contributed by atoms with E-state index in [1.165, 1.54) is 22.7 Å². The molecule has 0 unspecified atom stereocenters. The number of hydrogen-bond acceptors (Lipinski definition) is 5. The highest BCUT2D eigenvalue weighted by Gasteiger charge is 2.23. The summed E-state index contributed by atoms with van der Waals surface area (Å²) in [5.74, 6) is -0.104. The van der Waals surface area contributed by atoms with Crippen LogP contribution in [0.4, 0.5) is 5.13 Å². The van der Waals surface area contributed by atoms with Crippen LogP contribution in [0, 0.1) is 0 Å². The third-order valence-corrected chi connectivity index (χ3v) is 6.54. The van der Waals surface area contributed by atoms with Crippen molar-refractivity contribution in [3.05, 3.63) is 63.3 Å². The molecule has 0 radical (unpaired) electrons. The van der Waals surface area contributed by atoms with E-state index in [1.807, 2.05) is 22.9 Å². The van der Waals surface area contributed by atoms with E-state index in [2.05, 4.69) is 9.97 Å². The van der Waals surface area contributed by atoms with Gasteiger partial charge in [0.2, 0.25) is 0 Å². The van der Waals surface area contributed by atoms with Crippen LogP contribution in [0.5, 0.6) is 0 Å². The van der Waals surface area contributed by atoms with E-state index >= 15 is 0 Å². The maximum Gasteiger partial charge on any atom is 0.270 e. The predicted octanol–water partition coefficient (Wildman–Crippen LogP) is 6.02. The number of thiophene rings is 1. The van der Waals surface area contributed by atoms with Crippen LogP contribution >= 0.6 is 58.3 Å². The van der Waals surface area contributed by atoms with Crippen LogP contribution < -0.4 is 4.90 Å². The third-order valence-electron chi connectivity index (χ3n) is 3.98. The highest BCUT2D eigenvalue weighted by molar-refractivity contribution is 7.22. The Bertz CT molecular complexity index is 1080. The number of imidazole rings is 1. The molecule has 4 rings (SSSR count). The number of carbonyl (C=O) groups excluding carboxylic acids is 1. The number of benzene rings is 1. The van der Waals surface area contributed by atoms with Crippen LogP contribution in [0.1, 0.15) is 16.1 Å². The second kappa shape index (κ2) is 9.24. The number of amides is 1. The Balaban J connectivity index is 0.00000225. The van der Waals surface area contributed by atoms with Gasteiger partial charge in [0.05, 0.1) is 25.3 Å². The van der Waals surface area contributed by atoms with Gasteiger partial charge in [-0.15, -0.1) is 23.7 Å². The fourth-order valence-electron chi connectivity index (χ4n) is 2.70. The minimum Gasteiger partial charge on any atom is -0.337 e. The number of aryl methyl sites for hydroxylation is 1. The molecule has 0 fully saturated rings. The number of halogens is 3. The third kappa shape index (κ3) is 4.50. The van der Waals surface area contributed by atoms with Gasteiger partial charge in [-0.05, 0) is 30.7 Å². The summed E-state index contributed by atoms with van der Waals surface area (Å²) in [4.78, 5) is 24.1. The fraction of sp³-hybridized carbons (Fsp3) is 0.167. The predicted molar refractivity (Wildman–Crippen MR) is 120 cm³/mol. The lowest BCUT2D eigenvalue weighted by Gasteiger charge is -2.19. The summed E-state index contributed by atoms with van der Waals surface area (Å²) in [6, 6.07) is 9.13. The Morgan fingerprint density at radius 2 is 2.04 bits per heavy atom. The Hall–Kier alpha value is -1.64. The molecular formula is C18H15Cl3N4OS2. The fourth-order valence-corrected chi connectivity index (χ4v) is 4.98. The number of fused-ring (bicyclic) bond motifs is 1. The van der Waals surface area contributed by atoms with Crippen molar-refractivity contribution in [2.45, 2.75) is 13.0 Å². The molecule has 0 saturated carbocycles. The smallest absolute Gasteiger partial charge is 0.270 e. The first-order valence-corrected chi connectivity index (χ1v) is 10.6. The molecule has 0 spiro atoms. The number of hydrogen-bond donors (Lipinski definition) is 0. The van der Waals surface area contributed by atoms with Crippen molar-refractivity contribution in [1.82, 2.24) is 14.5 Å². The molecular weight excluding hydrogens is 459 g/mol. The molecule has 0 aliphatic carbocycles. The van der Waals surface area contributed by atoms with Crippen LogP contribution in [0.25, 0.3) is 10.2 Å². The molecule has 1 aromatic carbocycles. The molecule has 10 heteroatoms. The largest absolute Gasteiger partial charge is 0.337 e. The Morgan fingerprint density at radius 1 is 1.18 bits per heavy atom. The zero-order chi connectivity index (χ0) is 18.8. The Labute approximate surface area is 186 Å². The second-order valence-electron chi connectivity index (χ2n) is 5.80. The molecule has 4 aromatic rings. The maximum atomic E-state index is 13.1. The van der Waals surface area contributed by atoms with E-state index < -0.39 is 0 Å². The zero-order valence-electron chi connectivity index (χ0n) is 14.4. The molecule has 3 aromatic heterocycles. The summed E-state index contributed by atoms with van der Waals surface area (Å²) in [7, 11) is 0. The van der Waals surface area contributed by atoms with Crippen LogP contribution in [0.2, 0.25) is 9.36 Å². The zero-order valence-corrected chi connectivity index (χ0v) is 18.4. The SMILES string of the molecule is Cl.O=C(c1ccc(Cl)s1)N(CCCn1ccnc1)c1nc2c(Cl)cccc2s1. The quantitative estimate of drug-likeness (QED) is 0.344. The first kappa shape index (κ1) is 21.1. The van der Waals surface area contributed by atoms with Gasteiger partial charge in [-0.3, -0.25) is 9.69 Å². The lowest BCUT2D eigenvalue weighted by molar-refractivity contribution is 0.0990. The molecule has 28 heavy (non-hydrogen) atoms. The van der Waals surface area contributed by atoms with Crippen molar-refractivity contribution in [1.29, 1.82) is 0 Å². The van der Waals surface area contributed by atoms with Gasteiger partial charge >= 0.3 is 0 Å². The highest BCUT2D eigenvalue weighted by atomic mass is 35.5. The summed E-state index contributed by atoms with van der Waals surface area (Å²) in [6.07, 6.45) is 6.18. The number of rotatable bonds is 6. The van der Waals surface area contributed by atoms with Gasteiger partial charge in [-0.2, -0.15) is 0 Å². The standard InChI is InChI=1S/C18H14Cl2N4OS2.ClH/c19-12-3-1-4-13-16(12)22-18(27-13)24(9-2-8-23-10-7-21-11-23)17(25)14-5-6-15(20)26-14;/h1,3-7,10-11H,2,8-9H2;1H.